The molecule has 2 heterocycles. The van der Waals surface area contributed by atoms with Crippen LogP contribution in [0.1, 0.15) is 19.8 Å². The Morgan fingerprint density at radius 2 is 2.44 bits per heavy atom. The van der Waals surface area contributed by atoms with Crippen molar-refractivity contribution in [2.24, 2.45) is 7.05 Å². The minimum absolute atomic E-state index is 0.239. The zero-order chi connectivity index (χ0) is 13.1. The standard InChI is InChI=1S/C12H19ClN4O/c1-3-17(9-5-4-6-14-7-9)10-8-15-16(2)12(18)11(10)13/h8-9,14H,3-7H2,1-2H3. The van der Waals surface area contributed by atoms with E-state index in [2.05, 4.69) is 22.2 Å². The van der Waals surface area contributed by atoms with Crippen molar-refractivity contribution in [3.05, 3.63) is 21.6 Å². The lowest BCUT2D eigenvalue weighted by atomic mass is 10.1. The second-order valence-corrected chi connectivity index (χ2v) is 4.94. The summed E-state index contributed by atoms with van der Waals surface area (Å²) >= 11 is 6.16. The topological polar surface area (TPSA) is 50.2 Å². The summed E-state index contributed by atoms with van der Waals surface area (Å²) in [7, 11) is 1.61. The van der Waals surface area contributed by atoms with Crippen molar-refractivity contribution < 1.29 is 0 Å². The van der Waals surface area contributed by atoms with E-state index in [4.69, 9.17) is 11.6 Å². The molecule has 0 bridgehead atoms. The highest BCUT2D eigenvalue weighted by Crippen LogP contribution is 2.24. The quantitative estimate of drug-likeness (QED) is 0.891. The molecule has 2 rings (SSSR count). The summed E-state index contributed by atoms with van der Waals surface area (Å²) < 4.78 is 1.26. The van der Waals surface area contributed by atoms with E-state index in [-0.39, 0.29) is 10.6 Å². The lowest BCUT2D eigenvalue weighted by Crippen LogP contribution is -2.46. The third-order valence-corrected chi connectivity index (χ3v) is 3.78. The minimum atomic E-state index is -0.239. The zero-order valence-corrected chi connectivity index (χ0v) is 11.6. The normalized spacial score (nSPS) is 19.8. The fourth-order valence-electron chi connectivity index (χ4n) is 2.43. The molecule has 0 amide bonds. The number of likely N-dealkylation sites (N-methyl/N-ethyl adjacent to an activating group) is 1. The van der Waals surface area contributed by atoms with Crippen LogP contribution in [0, 0.1) is 0 Å². The predicted octanol–water partition coefficient (Wildman–Crippen LogP) is 1.01. The van der Waals surface area contributed by atoms with Gasteiger partial charge in [-0.2, -0.15) is 5.10 Å². The molecule has 1 atom stereocenters. The molecule has 1 aliphatic heterocycles. The van der Waals surface area contributed by atoms with Crippen LogP contribution in [0.2, 0.25) is 5.02 Å². The number of piperidine rings is 1. The van der Waals surface area contributed by atoms with Gasteiger partial charge in [0.05, 0.1) is 11.9 Å². The number of nitrogens with one attached hydrogen (secondary N) is 1. The molecule has 1 aromatic rings. The largest absolute Gasteiger partial charge is 0.365 e. The van der Waals surface area contributed by atoms with E-state index in [9.17, 15) is 4.79 Å². The van der Waals surface area contributed by atoms with Crippen molar-refractivity contribution in [2.45, 2.75) is 25.8 Å². The third-order valence-electron chi connectivity index (χ3n) is 3.42. The van der Waals surface area contributed by atoms with Crippen LogP contribution in [0.25, 0.3) is 0 Å². The molecule has 100 valence electrons. The Morgan fingerprint density at radius 3 is 3.06 bits per heavy atom. The van der Waals surface area contributed by atoms with Crippen LogP contribution in [-0.2, 0) is 7.05 Å². The Morgan fingerprint density at radius 1 is 1.67 bits per heavy atom. The van der Waals surface area contributed by atoms with Gasteiger partial charge in [0.15, 0.2) is 0 Å². The molecule has 1 fully saturated rings. The molecule has 1 aromatic heterocycles. The molecule has 0 spiro atoms. The maximum Gasteiger partial charge on any atom is 0.287 e. The molecule has 6 heteroatoms. The molecule has 0 aromatic carbocycles. The summed E-state index contributed by atoms with van der Waals surface area (Å²) in [6.07, 6.45) is 3.95. The highest BCUT2D eigenvalue weighted by atomic mass is 35.5. The second-order valence-electron chi connectivity index (χ2n) is 4.56. The van der Waals surface area contributed by atoms with Gasteiger partial charge < -0.3 is 10.2 Å². The van der Waals surface area contributed by atoms with E-state index in [1.165, 1.54) is 4.68 Å². The number of hydrogen-bond acceptors (Lipinski definition) is 4. The molecule has 1 N–H and O–H groups in total. The minimum Gasteiger partial charge on any atom is -0.365 e. The molecule has 0 saturated carbocycles. The summed E-state index contributed by atoms with van der Waals surface area (Å²) in [5, 5.41) is 7.70. The number of nitrogens with zero attached hydrogens (tertiary/aromatic N) is 3. The van der Waals surface area contributed by atoms with E-state index in [0.717, 1.165) is 38.2 Å². The van der Waals surface area contributed by atoms with Crippen molar-refractivity contribution in [2.75, 3.05) is 24.5 Å². The fraction of sp³-hybridized carbons (Fsp3) is 0.667. The number of rotatable bonds is 3. The molecule has 1 unspecified atom stereocenters. The zero-order valence-electron chi connectivity index (χ0n) is 10.8. The third kappa shape index (κ3) is 2.52. The average Bonchev–Trinajstić information content (AvgIpc) is 2.41. The average molecular weight is 271 g/mol. The van der Waals surface area contributed by atoms with E-state index in [1.54, 1.807) is 13.2 Å². The highest BCUT2D eigenvalue weighted by Gasteiger charge is 2.23. The highest BCUT2D eigenvalue weighted by molar-refractivity contribution is 6.33. The summed E-state index contributed by atoms with van der Waals surface area (Å²) in [4.78, 5) is 14.0. The Kier molecular flexibility index (Phi) is 4.24. The van der Waals surface area contributed by atoms with Gasteiger partial charge in [0.2, 0.25) is 0 Å². The van der Waals surface area contributed by atoms with Gasteiger partial charge in [0, 0.05) is 26.2 Å². The van der Waals surface area contributed by atoms with Gasteiger partial charge in [-0.25, -0.2) is 4.68 Å². The van der Waals surface area contributed by atoms with Gasteiger partial charge in [0.1, 0.15) is 5.02 Å². The number of aromatic nitrogens is 2. The second kappa shape index (κ2) is 5.71. The maximum absolute atomic E-state index is 11.8. The van der Waals surface area contributed by atoms with Crippen LogP contribution in [-0.4, -0.2) is 35.5 Å². The summed E-state index contributed by atoms with van der Waals surface area (Å²) in [6, 6.07) is 0.384. The van der Waals surface area contributed by atoms with Crippen molar-refractivity contribution in [1.29, 1.82) is 0 Å². The smallest absolute Gasteiger partial charge is 0.287 e. The number of halogens is 1. The lowest BCUT2D eigenvalue weighted by Gasteiger charge is -2.35. The molecule has 5 nitrogen and oxygen atoms in total. The van der Waals surface area contributed by atoms with E-state index in [0.29, 0.717) is 6.04 Å². The van der Waals surface area contributed by atoms with Crippen molar-refractivity contribution in [3.63, 3.8) is 0 Å². The van der Waals surface area contributed by atoms with Gasteiger partial charge >= 0.3 is 0 Å². The van der Waals surface area contributed by atoms with Crippen LogP contribution in [0.3, 0.4) is 0 Å². The van der Waals surface area contributed by atoms with Gasteiger partial charge in [-0.05, 0) is 26.3 Å². The molecule has 0 aliphatic carbocycles. The molecule has 1 aliphatic rings. The van der Waals surface area contributed by atoms with Crippen molar-refractivity contribution >= 4 is 17.3 Å². The SMILES string of the molecule is CCN(c1cnn(C)c(=O)c1Cl)C1CCCNC1. The Labute approximate surface area is 112 Å². The van der Waals surface area contributed by atoms with Crippen LogP contribution in [0.4, 0.5) is 5.69 Å². The molecule has 18 heavy (non-hydrogen) atoms. The maximum atomic E-state index is 11.8. The first-order valence-electron chi connectivity index (χ1n) is 6.34. The Bertz CT molecular complexity index is 468. The number of aryl methyl sites for hydroxylation is 1. The summed E-state index contributed by atoms with van der Waals surface area (Å²) in [6.45, 7) is 4.89. The monoisotopic (exact) mass is 270 g/mol. The molecular weight excluding hydrogens is 252 g/mol. The first-order valence-corrected chi connectivity index (χ1v) is 6.72. The van der Waals surface area contributed by atoms with Gasteiger partial charge in [-0.15, -0.1) is 0 Å². The van der Waals surface area contributed by atoms with Gasteiger partial charge in [-0.1, -0.05) is 11.6 Å². The van der Waals surface area contributed by atoms with Gasteiger partial charge in [0.25, 0.3) is 5.56 Å². The van der Waals surface area contributed by atoms with Crippen LogP contribution in [0.5, 0.6) is 0 Å². The summed E-state index contributed by atoms with van der Waals surface area (Å²) in [5.74, 6) is 0. The van der Waals surface area contributed by atoms with Gasteiger partial charge in [-0.3, -0.25) is 4.79 Å². The van der Waals surface area contributed by atoms with Crippen molar-refractivity contribution in [3.8, 4) is 0 Å². The van der Waals surface area contributed by atoms with Crippen LogP contribution in [0.15, 0.2) is 11.0 Å². The molecular formula is C12H19ClN4O. The lowest BCUT2D eigenvalue weighted by molar-refractivity contribution is 0.434. The van der Waals surface area contributed by atoms with Crippen molar-refractivity contribution in [1.82, 2.24) is 15.1 Å². The number of hydrogen-bond donors (Lipinski definition) is 1. The van der Waals surface area contributed by atoms with Crippen LogP contribution >= 0.6 is 11.6 Å². The number of anilines is 1. The predicted molar refractivity (Wildman–Crippen MR) is 73.4 cm³/mol. The molecule has 1 saturated heterocycles. The van der Waals surface area contributed by atoms with E-state index in [1.807, 2.05) is 0 Å². The Hall–Kier alpha value is -1.07. The van der Waals surface area contributed by atoms with E-state index < -0.39 is 0 Å². The summed E-state index contributed by atoms with van der Waals surface area (Å²) in [5.41, 5.74) is 0.507. The first-order chi connectivity index (χ1) is 8.65. The first kappa shape index (κ1) is 13.4. The Balaban J connectivity index is 2.32. The van der Waals surface area contributed by atoms with E-state index >= 15 is 0 Å². The molecule has 0 radical (unpaired) electrons. The fourth-order valence-corrected chi connectivity index (χ4v) is 2.71. The van der Waals surface area contributed by atoms with Crippen LogP contribution < -0.4 is 15.8 Å².